The van der Waals surface area contributed by atoms with Gasteiger partial charge < -0.3 is 15.1 Å². The summed E-state index contributed by atoms with van der Waals surface area (Å²) in [6, 6.07) is 15.8. The zero-order valence-electron chi connectivity index (χ0n) is 19.9. The Morgan fingerprint density at radius 1 is 1.11 bits per heavy atom. The van der Waals surface area contributed by atoms with Gasteiger partial charge in [-0.05, 0) is 61.3 Å². The van der Waals surface area contributed by atoms with Gasteiger partial charge in [-0.2, -0.15) is 8.78 Å². The lowest BCUT2D eigenvalue weighted by Crippen LogP contribution is -2.37. The Morgan fingerprint density at radius 2 is 1.80 bits per heavy atom. The summed E-state index contributed by atoms with van der Waals surface area (Å²) in [6.45, 7) is 2.06. The number of benzene rings is 2. The van der Waals surface area contributed by atoms with Crippen LogP contribution < -0.4 is 0 Å². The second-order valence-electron chi connectivity index (χ2n) is 9.31. The molecule has 2 N–H and O–H groups in total. The number of likely N-dealkylation sites (tertiary alicyclic amines) is 1. The van der Waals surface area contributed by atoms with E-state index in [1.165, 1.54) is 28.7 Å². The number of carboxylic acids is 1. The van der Waals surface area contributed by atoms with Crippen molar-refractivity contribution in [1.29, 1.82) is 0 Å². The van der Waals surface area contributed by atoms with Crippen molar-refractivity contribution in [3.63, 3.8) is 0 Å². The molecule has 3 rings (SSSR count). The van der Waals surface area contributed by atoms with Gasteiger partial charge in [-0.25, -0.2) is 4.79 Å². The normalized spacial score (nSPS) is 19.3. The molecule has 2 aromatic carbocycles. The molecule has 7 heteroatoms. The van der Waals surface area contributed by atoms with Crippen LogP contribution in [0.25, 0.3) is 0 Å². The number of aryl methyl sites for hydroxylation is 2. The average Bonchev–Trinajstić information content (AvgIpc) is 3.06. The molecule has 0 radical (unpaired) electrons. The van der Waals surface area contributed by atoms with Crippen molar-refractivity contribution in [1.82, 2.24) is 4.90 Å². The van der Waals surface area contributed by atoms with Crippen LogP contribution in [-0.2, 0) is 17.6 Å². The molecule has 1 fully saturated rings. The van der Waals surface area contributed by atoms with Gasteiger partial charge in [-0.1, -0.05) is 61.5 Å². The number of hydrogen-bond acceptors (Lipinski definition) is 3. The lowest BCUT2D eigenvalue weighted by Gasteiger charge is -2.22. The van der Waals surface area contributed by atoms with Crippen molar-refractivity contribution < 1.29 is 28.6 Å². The van der Waals surface area contributed by atoms with Gasteiger partial charge in [0.15, 0.2) is 0 Å². The van der Waals surface area contributed by atoms with Gasteiger partial charge in [-0.15, -0.1) is 0 Å². The monoisotopic (exact) mass is 485 g/mol. The quantitative estimate of drug-likeness (QED) is 0.409. The van der Waals surface area contributed by atoms with Gasteiger partial charge in [0.2, 0.25) is 0 Å². The van der Waals surface area contributed by atoms with Gasteiger partial charge in [0.1, 0.15) is 0 Å². The third kappa shape index (κ3) is 7.46. The maximum absolute atomic E-state index is 14.2. The number of carbonyl (C=O) groups is 2. The van der Waals surface area contributed by atoms with Crippen LogP contribution in [0.4, 0.5) is 8.78 Å². The van der Waals surface area contributed by atoms with Crippen molar-refractivity contribution in [2.75, 3.05) is 6.54 Å². The zero-order valence-corrected chi connectivity index (χ0v) is 19.9. The van der Waals surface area contributed by atoms with Gasteiger partial charge >= 0.3 is 11.9 Å². The van der Waals surface area contributed by atoms with Gasteiger partial charge in [0.05, 0.1) is 17.7 Å². The van der Waals surface area contributed by atoms with Crippen LogP contribution in [0.2, 0.25) is 0 Å². The fourth-order valence-corrected chi connectivity index (χ4v) is 4.45. The van der Waals surface area contributed by atoms with Crippen molar-refractivity contribution >= 4 is 11.9 Å². The first kappa shape index (κ1) is 26.5. The van der Waals surface area contributed by atoms with Crippen molar-refractivity contribution in [3.05, 3.63) is 83.4 Å². The van der Waals surface area contributed by atoms with Gasteiger partial charge in [-0.3, -0.25) is 4.79 Å². The number of carboxylic acid groups (broad SMARTS) is 1. The number of alkyl halides is 2. The average molecular weight is 486 g/mol. The van der Waals surface area contributed by atoms with E-state index >= 15 is 0 Å². The minimum Gasteiger partial charge on any atom is -0.478 e. The van der Waals surface area contributed by atoms with E-state index in [1.807, 2.05) is 25.1 Å². The Hall–Kier alpha value is -3.06. The predicted octanol–water partition coefficient (Wildman–Crippen LogP) is 5.13. The van der Waals surface area contributed by atoms with Gasteiger partial charge in [0, 0.05) is 13.0 Å². The Kier molecular flexibility index (Phi) is 9.15. The summed E-state index contributed by atoms with van der Waals surface area (Å²) in [5.74, 6) is -5.69. The van der Waals surface area contributed by atoms with Crippen LogP contribution in [0.15, 0.2) is 66.7 Å². The molecular formula is C28H33F2NO4. The largest absolute Gasteiger partial charge is 0.478 e. The maximum Gasteiger partial charge on any atom is 0.335 e. The third-order valence-corrected chi connectivity index (χ3v) is 6.56. The molecule has 35 heavy (non-hydrogen) atoms. The molecule has 1 aliphatic rings. The molecule has 2 aromatic rings. The molecule has 0 aromatic heterocycles. The van der Waals surface area contributed by atoms with Crippen LogP contribution in [0.1, 0.15) is 54.1 Å². The SMILES string of the molecule is CC(CCCc1ccccc1)C(O)/C=C/[C@H]1CC(F)(F)C(=O)N1CCCc1cccc(C(=O)O)c1. The molecule has 3 atom stereocenters. The van der Waals surface area contributed by atoms with Crippen LogP contribution in [0.5, 0.6) is 0 Å². The molecule has 188 valence electrons. The lowest BCUT2D eigenvalue weighted by atomic mass is 9.95. The van der Waals surface area contributed by atoms with Crippen LogP contribution in [0.3, 0.4) is 0 Å². The molecule has 5 nitrogen and oxygen atoms in total. The smallest absolute Gasteiger partial charge is 0.335 e. The summed E-state index contributed by atoms with van der Waals surface area (Å²) < 4.78 is 28.4. The van der Waals surface area contributed by atoms with Crippen LogP contribution in [-0.4, -0.2) is 51.6 Å². The first-order valence-corrected chi connectivity index (χ1v) is 12.1. The number of hydrogen-bond donors (Lipinski definition) is 2. The molecule has 2 unspecified atom stereocenters. The van der Waals surface area contributed by atoms with E-state index in [1.54, 1.807) is 18.2 Å². The van der Waals surface area contributed by atoms with E-state index < -0.39 is 36.4 Å². The summed E-state index contributed by atoms with van der Waals surface area (Å²) in [4.78, 5) is 24.6. The highest BCUT2D eigenvalue weighted by Gasteiger charge is 2.52. The highest BCUT2D eigenvalue weighted by molar-refractivity contribution is 5.87. The number of rotatable bonds is 12. The third-order valence-electron chi connectivity index (χ3n) is 6.56. The summed E-state index contributed by atoms with van der Waals surface area (Å²) >= 11 is 0. The van der Waals surface area contributed by atoms with E-state index in [0.29, 0.717) is 12.8 Å². The molecule has 1 heterocycles. The number of aromatic carboxylic acids is 1. The lowest BCUT2D eigenvalue weighted by molar-refractivity contribution is -0.148. The Labute approximate surface area is 205 Å². The first-order chi connectivity index (χ1) is 16.7. The van der Waals surface area contributed by atoms with Crippen molar-refractivity contribution in [3.8, 4) is 0 Å². The minimum absolute atomic E-state index is 0.0393. The summed E-state index contributed by atoms with van der Waals surface area (Å²) in [5, 5.41) is 19.6. The standard InChI is InChI=1S/C28H33F2NO4/c1-20(8-5-11-21-9-3-2-4-10-21)25(32)16-15-24-19-28(29,30)27(35)31(24)17-7-13-22-12-6-14-23(18-22)26(33)34/h2-4,6,9-10,12,14-16,18,20,24-25,32H,5,7-8,11,13,17,19H2,1H3,(H,33,34)/b16-15+/t20?,24-,25?/m0/s1. The zero-order chi connectivity index (χ0) is 25.4. The number of nitrogens with zero attached hydrogens (tertiary/aromatic N) is 1. The maximum atomic E-state index is 14.2. The fourth-order valence-electron chi connectivity index (χ4n) is 4.45. The number of amides is 1. The van der Waals surface area contributed by atoms with E-state index in [4.69, 9.17) is 5.11 Å². The highest BCUT2D eigenvalue weighted by Crippen LogP contribution is 2.34. The van der Waals surface area contributed by atoms with E-state index in [9.17, 15) is 23.5 Å². The topological polar surface area (TPSA) is 77.8 Å². The number of halogens is 2. The molecule has 1 saturated heterocycles. The van der Waals surface area contributed by atoms with E-state index in [0.717, 1.165) is 24.8 Å². The minimum atomic E-state index is -3.43. The number of aliphatic hydroxyl groups is 1. The van der Waals surface area contributed by atoms with Crippen molar-refractivity contribution in [2.45, 2.75) is 63.5 Å². The summed E-state index contributed by atoms with van der Waals surface area (Å²) in [7, 11) is 0. The van der Waals surface area contributed by atoms with E-state index in [2.05, 4.69) is 12.1 Å². The molecule has 1 aliphatic heterocycles. The molecule has 0 bridgehead atoms. The Morgan fingerprint density at radius 3 is 2.51 bits per heavy atom. The summed E-state index contributed by atoms with van der Waals surface area (Å²) in [6.07, 6.45) is 5.18. The Bertz CT molecular complexity index is 1020. The second-order valence-corrected chi connectivity index (χ2v) is 9.31. The van der Waals surface area contributed by atoms with Gasteiger partial charge in [0.25, 0.3) is 5.91 Å². The molecule has 0 spiro atoms. The predicted molar refractivity (Wildman–Crippen MR) is 130 cm³/mol. The van der Waals surface area contributed by atoms with Crippen LogP contribution >= 0.6 is 0 Å². The van der Waals surface area contributed by atoms with E-state index in [-0.39, 0.29) is 18.0 Å². The molecular weight excluding hydrogens is 452 g/mol. The number of carbonyl (C=O) groups excluding carboxylic acids is 1. The Balaban J connectivity index is 1.53. The summed E-state index contributed by atoms with van der Waals surface area (Å²) in [5.41, 5.74) is 2.18. The molecule has 1 amide bonds. The van der Waals surface area contributed by atoms with Crippen LogP contribution in [0, 0.1) is 5.92 Å². The molecule has 0 saturated carbocycles. The number of aliphatic hydroxyl groups excluding tert-OH is 1. The highest BCUT2D eigenvalue weighted by atomic mass is 19.3. The van der Waals surface area contributed by atoms with Crippen molar-refractivity contribution in [2.24, 2.45) is 5.92 Å². The second kappa shape index (κ2) is 12.1. The first-order valence-electron chi connectivity index (χ1n) is 12.1. The fraction of sp³-hybridized carbons (Fsp3) is 0.429. The molecule has 0 aliphatic carbocycles.